The van der Waals surface area contributed by atoms with Gasteiger partial charge in [-0.3, -0.25) is 4.90 Å². The van der Waals surface area contributed by atoms with E-state index in [1.54, 1.807) is 11.0 Å². The summed E-state index contributed by atoms with van der Waals surface area (Å²) < 4.78 is 35.8. The van der Waals surface area contributed by atoms with Gasteiger partial charge in [0.25, 0.3) is 6.43 Å². The van der Waals surface area contributed by atoms with E-state index in [2.05, 4.69) is 0 Å². The molecule has 0 atom stereocenters. The molecule has 0 aromatic heterocycles. The second kappa shape index (κ2) is 9.50. The van der Waals surface area contributed by atoms with E-state index in [-0.39, 0.29) is 6.54 Å². The number of hydrogen-bond acceptors (Lipinski definition) is 4. The summed E-state index contributed by atoms with van der Waals surface area (Å²) in [5.74, 6) is 1.29. The van der Waals surface area contributed by atoms with E-state index in [1.165, 1.54) is 0 Å². The molecule has 1 rings (SSSR count). The van der Waals surface area contributed by atoms with Crippen LogP contribution in [0.25, 0.3) is 0 Å². The van der Waals surface area contributed by atoms with Gasteiger partial charge in [-0.05, 0) is 19.1 Å². The summed E-state index contributed by atoms with van der Waals surface area (Å²) in [5.41, 5.74) is 5.40. The van der Waals surface area contributed by atoms with Crippen molar-refractivity contribution in [2.45, 2.75) is 13.3 Å². The molecule has 0 aliphatic heterocycles. The van der Waals surface area contributed by atoms with Crippen LogP contribution < -0.4 is 15.2 Å². The Morgan fingerprint density at radius 3 is 2.35 bits per heavy atom. The third-order valence-corrected chi connectivity index (χ3v) is 2.66. The summed E-state index contributed by atoms with van der Waals surface area (Å²) in [4.78, 5) is 1.59. The molecule has 20 heavy (non-hydrogen) atoms. The van der Waals surface area contributed by atoms with Gasteiger partial charge in [0.1, 0.15) is 6.61 Å². The number of nitrogens with two attached hydrogens (primary N) is 1. The van der Waals surface area contributed by atoms with Crippen molar-refractivity contribution in [2.75, 3.05) is 39.4 Å². The zero-order valence-electron chi connectivity index (χ0n) is 11.7. The van der Waals surface area contributed by atoms with Gasteiger partial charge >= 0.3 is 0 Å². The van der Waals surface area contributed by atoms with E-state index < -0.39 is 6.43 Å². The van der Waals surface area contributed by atoms with Crippen LogP contribution in [0.2, 0.25) is 0 Å². The van der Waals surface area contributed by atoms with Crippen LogP contribution in [0.5, 0.6) is 11.5 Å². The summed E-state index contributed by atoms with van der Waals surface area (Å²) in [6.07, 6.45) is -2.36. The number of halogens is 2. The molecule has 0 fully saturated rings. The van der Waals surface area contributed by atoms with Crippen molar-refractivity contribution in [2.24, 2.45) is 5.73 Å². The van der Waals surface area contributed by atoms with Gasteiger partial charge in [0.15, 0.2) is 11.5 Å². The fourth-order valence-corrected chi connectivity index (χ4v) is 1.80. The number of rotatable bonds is 10. The molecule has 0 aliphatic carbocycles. The van der Waals surface area contributed by atoms with Gasteiger partial charge in [0.2, 0.25) is 0 Å². The highest BCUT2D eigenvalue weighted by Crippen LogP contribution is 2.26. The lowest BCUT2D eigenvalue weighted by Crippen LogP contribution is -2.36. The second-order valence-electron chi connectivity index (χ2n) is 4.21. The normalized spacial score (nSPS) is 11.1. The Kier molecular flexibility index (Phi) is 7.91. The number of nitrogens with zero attached hydrogens (tertiary/aromatic N) is 1. The molecule has 1 aromatic rings. The molecule has 1 aromatic carbocycles. The van der Waals surface area contributed by atoms with Crippen LogP contribution in [0.15, 0.2) is 24.3 Å². The van der Waals surface area contributed by atoms with Crippen molar-refractivity contribution in [1.82, 2.24) is 4.90 Å². The standard InChI is InChI=1S/C14H22F2N2O2/c1-2-19-12-5-3-4-6-13(12)20-10-9-18(8-7-17)11-14(15)16/h3-6,14H,2,7-11,17H2,1H3. The van der Waals surface area contributed by atoms with Crippen LogP contribution >= 0.6 is 0 Å². The predicted molar refractivity (Wildman–Crippen MR) is 74.6 cm³/mol. The van der Waals surface area contributed by atoms with Crippen molar-refractivity contribution in [3.8, 4) is 11.5 Å². The zero-order valence-corrected chi connectivity index (χ0v) is 11.7. The molecule has 0 saturated heterocycles. The molecule has 0 radical (unpaired) electrons. The zero-order chi connectivity index (χ0) is 14.8. The Morgan fingerprint density at radius 1 is 1.15 bits per heavy atom. The highest BCUT2D eigenvalue weighted by Gasteiger charge is 2.11. The van der Waals surface area contributed by atoms with Gasteiger partial charge in [0.05, 0.1) is 13.2 Å². The van der Waals surface area contributed by atoms with Gasteiger partial charge in [-0.1, -0.05) is 12.1 Å². The molecule has 0 saturated carbocycles. The molecule has 4 nitrogen and oxygen atoms in total. The second-order valence-corrected chi connectivity index (χ2v) is 4.21. The molecular weight excluding hydrogens is 266 g/mol. The smallest absolute Gasteiger partial charge is 0.251 e. The van der Waals surface area contributed by atoms with Crippen molar-refractivity contribution in [1.29, 1.82) is 0 Å². The molecule has 0 heterocycles. The van der Waals surface area contributed by atoms with Crippen LogP contribution in [-0.4, -0.2) is 50.7 Å². The third-order valence-electron chi connectivity index (χ3n) is 2.66. The summed E-state index contributed by atoms with van der Waals surface area (Å²) >= 11 is 0. The monoisotopic (exact) mass is 288 g/mol. The third kappa shape index (κ3) is 6.16. The first-order valence-electron chi connectivity index (χ1n) is 6.72. The minimum atomic E-state index is -2.36. The first kappa shape index (κ1) is 16.7. The molecule has 0 aliphatic rings. The highest BCUT2D eigenvalue weighted by atomic mass is 19.3. The summed E-state index contributed by atoms with van der Waals surface area (Å²) in [6.45, 7) is 3.66. The topological polar surface area (TPSA) is 47.7 Å². The minimum Gasteiger partial charge on any atom is -0.490 e. The molecule has 0 bridgehead atoms. The maximum atomic E-state index is 12.4. The van der Waals surface area contributed by atoms with Crippen molar-refractivity contribution in [3.05, 3.63) is 24.3 Å². The van der Waals surface area contributed by atoms with Crippen molar-refractivity contribution in [3.63, 3.8) is 0 Å². The van der Waals surface area contributed by atoms with Gasteiger partial charge in [0, 0.05) is 19.6 Å². The largest absolute Gasteiger partial charge is 0.490 e. The van der Waals surface area contributed by atoms with E-state index in [4.69, 9.17) is 15.2 Å². The van der Waals surface area contributed by atoms with Crippen LogP contribution in [0.1, 0.15) is 6.92 Å². The molecule has 0 unspecified atom stereocenters. The predicted octanol–water partition coefficient (Wildman–Crippen LogP) is 1.99. The fraction of sp³-hybridized carbons (Fsp3) is 0.571. The van der Waals surface area contributed by atoms with E-state index in [0.717, 1.165) is 0 Å². The average Bonchev–Trinajstić information content (AvgIpc) is 2.40. The van der Waals surface area contributed by atoms with Gasteiger partial charge in [-0.25, -0.2) is 8.78 Å². The first-order chi connectivity index (χ1) is 9.67. The SMILES string of the molecule is CCOc1ccccc1OCCN(CCN)CC(F)F. The minimum absolute atomic E-state index is 0.284. The van der Waals surface area contributed by atoms with E-state index in [1.807, 2.05) is 25.1 Å². The Hall–Kier alpha value is -1.40. The number of alkyl halides is 2. The van der Waals surface area contributed by atoms with Gasteiger partial charge in [-0.2, -0.15) is 0 Å². The summed E-state index contributed by atoms with van der Waals surface area (Å²) in [5, 5.41) is 0. The Bertz CT molecular complexity index is 378. The van der Waals surface area contributed by atoms with Crippen molar-refractivity contribution >= 4 is 0 Å². The van der Waals surface area contributed by atoms with Crippen LogP contribution in [0.3, 0.4) is 0 Å². The fourth-order valence-electron chi connectivity index (χ4n) is 1.80. The van der Waals surface area contributed by atoms with Crippen molar-refractivity contribution < 1.29 is 18.3 Å². The molecule has 0 spiro atoms. The molecule has 6 heteroatoms. The number of ether oxygens (including phenoxy) is 2. The van der Waals surface area contributed by atoms with Crippen LogP contribution in [-0.2, 0) is 0 Å². The van der Waals surface area contributed by atoms with E-state index >= 15 is 0 Å². The first-order valence-corrected chi connectivity index (χ1v) is 6.72. The van der Waals surface area contributed by atoms with Crippen LogP contribution in [0, 0.1) is 0 Å². The summed E-state index contributed by atoms with van der Waals surface area (Å²) in [6, 6.07) is 7.31. The summed E-state index contributed by atoms with van der Waals surface area (Å²) in [7, 11) is 0. The lowest BCUT2D eigenvalue weighted by Gasteiger charge is -2.21. The number of benzene rings is 1. The van der Waals surface area contributed by atoms with E-state index in [0.29, 0.717) is 44.3 Å². The Morgan fingerprint density at radius 2 is 1.80 bits per heavy atom. The Labute approximate surface area is 118 Å². The maximum Gasteiger partial charge on any atom is 0.251 e. The quantitative estimate of drug-likeness (QED) is 0.715. The van der Waals surface area contributed by atoms with E-state index in [9.17, 15) is 8.78 Å². The van der Waals surface area contributed by atoms with Gasteiger partial charge in [-0.15, -0.1) is 0 Å². The average molecular weight is 288 g/mol. The molecular formula is C14H22F2N2O2. The number of para-hydroxylation sites is 2. The molecule has 0 amide bonds. The van der Waals surface area contributed by atoms with Crippen LogP contribution in [0.4, 0.5) is 8.78 Å². The number of hydrogen-bond donors (Lipinski definition) is 1. The Balaban J connectivity index is 2.45. The highest BCUT2D eigenvalue weighted by molar-refractivity contribution is 5.39. The lowest BCUT2D eigenvalue weighted by atomic mass is 10.3. The maximum absolute atomic E-state index is 12.4. The van der Waals surface area contributed by atoms with Gasteiger partial charge < -0.3 is 15.2 Å². The molecule has 2 N–H and O–H groups in total. The lowest BCUT2D eigenvalue weighted by molar-refractivity contribution is 0.0818. The molecule has 114 valence electrons.